The van der Waals surface area contributed by atoms with Gasteiger partial charge in [-0.25, -0.2) is 9.59 Å². The van der Waals surface area contributed by atoms with E-state index in [2.05, 4.69) is 5.32 Å². The number of amides is 2. The summed E-state index contributed by atoms with van der Waals surface area (Å²) in [5, 5.41) is 2.44. The normalized spacial score (nSPS) is 11.5. The van der Waals surface area contributed by atoms with Crippen molar-refractivity contribution in [2.45, 2.75) is 26.0 Å². The Morgan fingerprint density at radius 1 is 1.09 bits per heavy atom. The number of carbonyl (C=O) groups excluding carboxylic acids is 2. The molecule has 5 nitrogen and oxygen atoms in total. The molecule has 0 spiro atoms. The highest BCUT2D eigenvalue weighted by Gasteiger charge is 2.21. The van der Waals surface area contributed by atoms with Crippen LogP contribution in [0.25, 0.3) is 0 Å². The number of esters is 1. The number of carbonyl (C=O) groups is 2. The quantitative estimate of drug-likeness (QED) is 0.803. The molecular weight excluding hydrogens is 292 g/mol. The Bertz CT molecular complexity index is 671. The van der Waals surface area contributed by atoms with Crippen LogP contribution in [0.5, 0.6) is 0 Å². The van der Waals surface area contributed by atoms with Gasteiger partial charge in [-0.15, -0.1) is 0 Å². The molecule has 1 atom stereocenters. The predicted molar refractivity (Wildman–Crippen MR) is 87.6 cm³/mol. The summed E-state index contributed by atoms with van der Waals surface area (Å²) in [6.07, 6.45) is 0.330. The van der Waals surface area contributed by atoms with Gasteiger partial charge in [-0.1, -0.05) is 60.2 Å². The van der Waals surface area contributed by atoms with Crippen LogP contribution in [0.4, 0.5) is 4.79 Å². The zero-order valence-electron chi connectivity index (χ0n) is 13.0. The number of nitrogens with one attached hydrogen (secondary N) is 1. The number of hydrogen-bond donors (Lipinski definition) is 2. The lowest BCUT2D eigenvalue weighted by Gasteiger charge is -2.16. The molecule has 0 aliphatic carbocycles. The smallest absolute Gasteiger partial charge is 0.329 e. The molecule has 0 aliphatic rings. The Morgan fingerprint density at radius 2 is 1.78 bits per heavy atom. The minimum atomic E-state index is -0.806. The van der Waals surface area contributed by atoms with E-state index >= 15 is 0 Å². The minimum absolute atomic E-state index is 0.159. The molecule has 0 aromatic heterocycles. The Labute approximate surface area is 135 Å². The van der Waals surface area contributed by atoms with Gasteiger partial charge < -0.3 is 15.8 Å². The monoisotopic (exact) mass is 312 g/mol. The van der Waals surface area contributed by atoms with Crippen LogP contribution in [0.3, 0.4) is 0 Å². The number of aryl methyl sites for hydroxylation is 1. The molecule has 0 fully saturated rings. The number of hydrogen-bond acceptors (Lipinski definition) is 3. The fourth-order valence-electron chi connectivity index (χ4n) is 2.27. The van der Waals surface area contributed by atoms with Gasteiger partial charge in [-0.05, 0) is 18.1 Å². The summed E-state index contributed by atoms with van der Waals surface area (Å²) in [5.41, 5.74) is 8.06. The van der Waals surface area contributed by atoms with Crippen LogP contribution in [-0.4, -0.2) is 18.0 Å². The number of urea groups is 1. The lowest BCUT2D eigenvalue weighted by atomic mass is 10.1. The molecule has 0 unspecified atom stereocenters. The summed E-state index contributed by atoms with van der Waals surface area (Å²) >= 11 is 0. The maximum Gasteiger partial charge on any atom is 0.329 e. The van der Waals surface area contributed by atoms with E-state index in [1.807, 2.05) is 61.5 Å². The largest absolute Gasteiger partial charge is 0.459 e. The Morgan fingerprint density at radius 3 is 2.43 bits per heavy atom. The van der Waals surface area contributed by atoms with Crippen LogP contribution in [-0.2, 0) is 22.6 Å². The topological polar surface area (TPSA) is 81.4 Å². The van der Waals surface area contributed by atoms with E-state index in [1.165, 1.54) is 0 Å². The highest BCUT2D eigenvalue weighted by molar-refractivity contribution is 5.83. The number of benzene rings is 2. The first kappa shape index (κ1) is 16.5. The number of ether oxygens (including phenoxy) is 1. The van der Waals surface area contributed by atoms with Crippen molar-refractivity contribution in [3.8, 4) is 0 Å². The molecule has 2 rings (SSSR count). The van der Waals surface area contributed by atoms with Crippen molar-refractivity contribution in [1.29, 1.82) is 0 Å². The van der Waals surface area contributed by atoms with Gasteiger partial charge >= 0.3 is 12.0 Å². The van der Waals surface area contributed by atoms with Crippen molar-refractivity contribution in [3.05, 3.63) is 71.3 Å². The molecule has 0 saturated heterocycles. The molecular formula is C18H20N2O3. The first-order valence-corrected chi connectivity index (χ1v) is 7.36. The van der Waals surface area contributed by atoms with Gasteiger partial charge in [0.15, 0.2) is 0 Å². The summed E-state index contributed by atoms with van der Waals surface area (Å²) in [5.74, 6) is -0.505. The summed E-state index contributed by atoms with van der Waals surface area (Å²) in [7, 11) is 0. The molecule has 0 saturated carbocycles. The summed E-state index contributed by atoms with van der Waals surface area (Å²) in [4.78, 5) is 23.4. The van der Waals surface area contributed by atoms with Crippen molar-refractivity contribution >= 4 is 12.0 Å². The first-order chi connectivity index (χ1) is 11.0. The van der Waals surface area contributed by atoms with E-state index in [9.17, 15) is 9.59 Å². The van der Waals surface area contributed by atoms with Crippen molar-refractivity contribution in [1.82, 2.24) is 5.32 Å². The fraction of sp³-hybridized carbons (Fsp3) is 0.222. The third-order valence-corrected chi connectivity index (χ3v) is 3.35. The molecule has 2 aromatic rings. The van der Waals surface area contributed by atoms with Gasteiger partial charge in [0, 0.05) is 6.42 Å². The van der Waals surface area contributed by atoms with Crippen LogP contribution in [0.2, 0.25) is 0 Å². The van der Waals surface area contributed by atoms with Crippen LogP contribution >= 0.6 is 0 Å². The highest BCUT2D eigenvalue weighted by Crippen LogP contribution is 2.08. The van der Waals surface area contributed by atoms with Crippen molar-refractivity contribution in [2.24, 2.45) is 5.73 Å². The third kappa shape index (κ3) is 5.47. The van der Waals surface area contributed by atoms with Crippen LogP contribution in [0, 0.1) is 6.92 Å². The standard InChI is InChI=1S/C18H20N2O3/c1-13-6-5-9-15(10-13)12-23-17(21)16(20-18(19)22)11-14-7-3-2-4-8-14/h2-10,16H,11-12H2,1H3,(H3,19,20,22)/t16-/m0/s1. The maximum absolute atomic E-state index is 12.2. The molecule has 0 bridgehead atoms. The van der Waals surface area contributed by atoms with E-state index < -0.39 is 18.0 Å². The van der Waals surface area contributed by atoms with Crippen molar-refractivity contribution in [3.63, 3.8) is 0 Å². The fourth-order valence-corrected chi connectivity index (χ4v) is 2.27. The average Bonchev–Trinajstić information content (AvgIpc) is 2.52. The van der Waals surface area contributed by atoms with E-state index in [-0.39, 0.29) is 6.61 Å². The van der Waals surface area contributed by atoms with Gasteiger partial charge in [-0.2, -0.15) is 0 Å². The summed E-state index contributed by atoms with van der Waals surface area (Å²) in [6, 6.07) is 15.5. The van der Waals surface area contributed by atoms with Crippen molar-refractivity contribution < 1.29 is 14.3 Å². The molecule has 2 aromatic carbocycles. The average molecular weight is 312 g/mol. The SMILES string of the molecule is Cc1cccc(COC(=O)[C@H](Cc2ccccc2)NC(N)=O)c1. The second kappa shape index (κ2) is 7.98. The van der Waals surface area contributed by atoms with E-state index in [1.54, 1.807) is 0 Å². The molecule has 120 valence electrons. The molecule has 23 heavy (non-hydrogen) atoms. The van der Waals surface area contributed by atoms with Gasteiger partial charge in [0.25, 0.3) is 0 Å². The van der Waals surface area contributed by atoms with Gasteiger partial charge in [0.2, 0.25) is 0 Å². The van der Waals surface area contributed by atoms with E-state index in [0.29, 0.717) is 6.42 Å². The minimum Gasteiger partial charge on any atom is -0.459 e. The van der Waals surface area contributed by atoms with Crippen LogP contribution < -0.4 is 11.1 Å². The number of nitrogens with two attached hydrogens (primary N) is 1. The Hall–Kier alpha value is -2.82. The molecule has 0 radical (unpaired) electrons. The first-order valence-electron chi connectivity index (χ1n) is 7.36. The second-order valence-electron chi connectivity index (χ2n) is 5.35. The third-order valence-electron chi connectivity index (χ3n) is 3.35. The van der Waals surface area contributed by atoms with Gasteiger partial charge in [-0.3, -0.25) is 0 Å². The summed E-state index contributed by atoms with van der Waals surface area (Å²) in [6.45, 7) is 2.13. The van der Waals surface area contributed by atoms with Gasteiger partial charge in [0.05, 0.1) is 0 Å². The van der Waals surface area contributed by atoms with Crippen LogP contribution in [0.1, 0.15) is 16.7 Å². The highest BCUT2D eigenvalue weighted by atomic mass is 16.5. The number of rotatable bonds is 6. The Kier molecular flexibility index (Phi) is 5.74. The molecule has 3 N–H and O–H groups in total. The van der Waals surface area contributed by atoms with E-state index in [0.717, 1.165) is 16.7 Å². The summed E-state index contributed by atoms with van der Waals surface area (Å²) < 4.78 is 5.31. The molecule has 5 heteroatoms. The predicted octanol–water partition coefficient (Wildman–Crippen LogP) is 2.32. The zero-order valence-corrected chi connectivity index (χ0v) is 13.0. The lowest BCUT2D eigenvalue weighted by molar-refractivity contribution is -0.147. The number of primary amides is 1. The molecule has 0 aliphatic heterocycles. The van der Waals surface area contributed by atoms with E-state index in [4.69, 9.17) is 10.5 Å². The zero-order chi connectivity index (χ0) is 16.7. The van der Waals surface area contributed by atoms with Crippen LogP contribution in [0.15, 0.2) is 54.6 Å². The maximum atomic E-state index is 12.2. The molecule has 2 amide bonds. The Balaban J connectivity index is 2.00. The second-order valence-corrected chi connectivity index (χ2v) is 5.35. The van der Waals surface area contributed by atoms with Crippen molar-refractivity contribution in [2.75, 3.05) is 0 Å². The van der Waals surface area contributed by atoms with Gasteiger partial charge in [0.1, 0.15) is 12.6 Å². The lowest BCUT2D eigenvalue weighted by Crippen LogP contribution is -2.45. The molecule has 0 heterocycles.